The number of rotatable bonds is 6. The molecule has 0 saturated carbocycles. The molecule has 3 aromatic rings. The first-order valence-electron chi connectivity index (χ1n) is 7.99. The van der Waals surface area contributed by atoms with Gasteiger partial charge in [-0.05, 0) is 19.1 Å². The third-order valence-corrected chi connectivity index (χ3v) is 3.60. The summed E-state index contributed by atoms with van der Waals surface area (Å²) in [6, 6.07) is 11.3. The van der Waals surface area contributed by atoms with Crippen LogP contribution >= 0.6 is 0 Å². The highest BCUT2D eigenvalue weighted by Gasteiger charge is 2.20. The lowest BCUT2D eigenvalue weighted by molar-refractivity contribution is -0.136. The van der Waals surface area contributed by atoms with Crippen LogP contribution < -0.4 is 9.64 Å². The number of carboxylic acids is 1. The molecule has 0 fully saturated rings. The molecule has 1 N–H and O–H groups in total. The average molecular weight is 353 g/mol. The monoisotopic (exact) mass is 353 g/mol. The van der Waals surface area contributed by atoms with Gasteiger partial charge >= 0.3 is 5.97 Å². The van der Waals surface area contributed by atoms with Gasteiger partial charge in [0.1, 0.15) is 11.6 Å². The largest absolute Gasteiger partial charge is 0.481 e. The van der Waals surface area contributed by atoms with E-state index in [9.17, 15) is 9.90 Å². The number of aromatic nitrogens is 4. The van der Waals surface area contributed by atoms with Crippen molar-refractivity contribution in [2.75, 3.05) is 19.0 Å². The summed E-state index contributed by atoms with van der Waals surface area (Å²) in [5.41, 5.74) is 1.29. The maximum atomic E-state index is 11.3. The predicted octanol–water partition coefficient (Wildman–Crippen LogP) is 2.46. The normalized spacial score (nSPS) is 10.6. The molecule has 0 aliphatic carbocycles. The molecule has 2 aromatic heterocycles. The maximum absolute atomic E-state index is 11.3. The van der Waals surface area contributed by atoms with E-state index in [0.717, 1.165) is 5.69 Å². The highest BCUT2D eigenvalue weighted by molar-refractivity contribution is 5.74. The van der Waals surface area contributed by atoms with Gasteiger partial charge in [0.25, 0.3) is 0 Å². The Morgan fingerprint density at radius 1 is 1.19 bits per heavy atom. The second-order valence-corrected chi connectivity index (χ2v) is 5.88. The molecule has 1 aromatic carbocycles. The van der Waals surface area contributed by atoms with E-state index in [1.54, 1.807) is 42.9 Å². The lowest BCUT2D eigenvalue weighted by Crippen LogP contribution is -2.17. The quantitative estimate of drug-likeness (QED) is 0.727. The predicted molar refractivity (Wildman–Crippen MR) is 96.1 cm³/mol. The minimum atomic E-state index is -0.986. The van der Waals surface area contributed by atoms with Crippen molar-refractivity contribution in [3.63, 3.8) is 0 Å². The zero-order chi connectivity index (χ0) is 18.7. The third kappa shape index (κ3) is 3.80. The molecule has 26 heavy (non-hydrogen) atoms. The topological polar surface area (TPSA) is 93.4 Å². The summed E-state index contributed by atoms with van der Waals surface area (Å²) in [5, 5.41) is 13.6. The number of aliphatic carboxylic acids is 1. The van der Waals surface area contributed by atoms with Gasteiger partial charge in [0.2, 0.25) is 11.8 Å². The second kappa shape index (κ2) is 7.22. The van der Waals surface area contributed by atoms with Gasteiger partial charge in [0.05, 0.1) is 17.7 Å². The molecule has 3 rings (SSSR count). The minimum absolute atomic E-state index is 0.196. The van der Waals surface area contributed by atoms with E-state index in [4.69, 9.17) is 4.74 Å². The number of aryl methyl sites for hydroxylation is 1. The maximum Gasteiger partial charge on any atom is 0.308 e. The molecule has 0 saturated heterocycles. The summed E-state index contributed by atoms with van der Waals surface area (Å²) in [7, 11) is 3.59. The van der Waals surface area contributed by atoms with Crippen LogP contribution in [0.4, 0.5) is 5.82 Å². The molecule has 0 unspecified atom stereocenters. The van der Waals surface area contributed by atoms with Gasteiger partial charge in [0.15, 0.2) is 0 Å². The Hall–Kier alpha value is -3.42. The Morgan fingerprint density at radius 2 is 1.92 bits per heavy atom. The lowest BCUT2D eigenvalue weighted by Gasteiger charge is -2.18. The molecule has 0 spiro atoms. The fourth-order valence-electron chi connectivity index (χ4n) is 2.50. The van der Waals surface area contributed by atoms with Gasteiger partial charge in [-0.2, -0.15) is 4.98 Å². The van der Waals surface area contributed by atoms with Crippen LogP contribution in [-0.2, 0) is 11.2 Å². The highest BCUT2D eigenvalue weighted by Crippen LogP contribution is 2.29. The third-order valence-electron chi connectivity index (χ3n) is 3.60. The summed E-state index contributed by atoms with van der Waals surface area (Å²) in [5.74, 6) is 0.531. The Balaban J connectivity index is 1.97. The summed E-state index contributed by atoms with van der Waals surface area (Å²) in [6.45, 7) is 1.73. The SMILES string of the molecule is Cc1nc(Oc2ccn(-c3ccccc3)n2)c(CC(=O)O)c(N(C)C)n1. The van der Waals surface area contributed by atoms with Crippen LogP contribution in [-0.4, -0.2) is 44.9 Å². The van der Waals surface area contributed by atoms with Crippen LogP contribution in [0.25, 0.3) is 5.69 Å². The second-order valence-electron chi connectivity index (χ2n) is 5.88. The first-order valence-corrected chi connectivity index (χ1v) is 7.99. The number of hydrogen-bond donors (Lipinski definition) is 1. The van der Waals surface area contributed by atoms with Gasteiger partial charge in [-0.15, -0.1) is 5.10 Å². The molecule has 0 bridgehead atoms. The number of para-hydroxylation sites is 1. The Morgan fingerprint density at radius 3 is 2.58 bits per heavy atom. The van der Waals surface area contributed by atoms with Crippen molar-refractivity contribution in [1.29, 1.82) is 0 Å². The van der Waals surface area contributed by atoms with Crippen LogP contribution in [0.1, 0.15) is 11.4 Å². The number of carboxylic acid groups (broad SMARTS) is 1. The van der Waals surface area contributed by atoms with Gasteiger partial charge in [-0.3, -0.25) is 4.79 Å². The van der Waals surface area contributed by atoms with Crippen LogP contribution in [0.5, 0.6) is 11.8 Å². The first-order chi connectivity index (χ1) is 12.4. The molecule has 2 heterocycles. The molecule has 0 aliphatic heterocycles. The zero-order valence-corrected chi connectivity index (χ0v) is 14.7. The molecule has 134 valence electrons. The Bertz CT molecular complexity index is 922. The molecule has 8 nitrogen and oxygen atoms in total. The fourth-order valence-corrected chi connectivity index (χ4v) is 2.50. The van der Waals surface area contributed by atoms with Crippen molar-refractivity contribution in [2.24, 2.45) is 0 Å². The van der Waals surface area contributed by atoms with Crippen LogP contribution in [0.2, 0.25) is 0 Å². The van der Waals surface area contributed by atoms with E-state index in [-0.39, 0.29) is 12.3 Å². The van der Waals surface area contributed by atoms with E-state index in [1.165, 1.54) is 0 Å². The van der Waals surface area contributed by atoms with Crippen molar-refractivity contribution in [2.45, 2.75) is 13.3 Å². The van der Waals surface area contributed by atoms with Gasteiger partial charge < -0.3 is 14.7 Å². The van der Waals surface area contributed by atoms with Crippen molar-refractivity contribution >= 4 is 11.8 Å². The van der Waals surface area contributed by atoms with Gasteiger partial charge in [0, 0.05) is 26.4 Å². The van der Waals surface area contributed by atoms with Gasteiger partial charge in [-0.1, -0.05) is 18.2 Å². The number of anilines is 1. The zero-order valence-electron chi connectivity index (χ0n) is 14.7. The lowest BCUT2D eigenvalue weighted by atomic mass is 10.2. The molecule has 0 aliphatic rings. The van der Waals surface area contributed by atoms with E-state index in [2.05, 4.69) is 15.1 Å². The Labute approximate surface area is 150 Å². The number of carbonyl (C=O) groups is 1. The number of benzene rings is 1. The number of hydrogen-bond acceptors (Lipinski definition) is 6. The molecular weight excluding hydrogens is 334 g/mol. The van der Waals surface area contributed by atoms with Crippen molar-refractivity contribution in [3.05, 3.63) is 54.0 Å². The summed E-state index contributed by atoms with van der Waals surface area (Å²) < 4.78 is 7.48. The van der Waals surface area contributed by atoms with E-state index < -0.39 is 5.97 Å². The van der Waals surface area contributed by atoms with E-state index >= 15 is 0 Å². The average Bonchev–Trinajstić information content (AvgIpc) is 3.06. The van der Waals surface area contributed by atoms with Crippen LogP contribution in [0, 0.1) is 6.92 Å². The van der Waals surface area contributed by atoms with Crippen molar-refractivity contribution < 1.29 is 14.6 Å². The van der Waals surface area contributed by atoms with E-state index in [1.807, 2.05) is 30.3 Å². The number of ether oxygens (including phenoxy) is 1. The molecular formula is C18H19N5O3. The van der Waals surface area contributed by atoms with Crippen molar-refractivity contribution in [1.82, 2.24) is 19.7 Å². The summed E-state index contributed by atoms with van der Waals surface area (Å²) in [6.07, 6.45) is 1.52. The summed E-state index contributed by atoms with van der Waals surface area (Å²) in [4.78, 5) is 21.6. The number of nitrogens with zero attached hydrogens (tertiary/aromatic N) is 5. The Kier molecular flexibility index (Phi) is 4.83. The minimum Gasteiger partial charge on any atom is -0.481 e. The fraction of sp³-hybridized carbons (Fsp3) is 0.222. The smallest absolute Gasteiger partial charge is 0.308 e. The van der Waals surface area contributed by atoms with Crippen LogP contribution in [0.15, 0.2) is 42.6 Å². The first kappa shape index (κ1) is 17.4. The van der Waals surface area contributed by atoms with E-state index in [0.29, 0.717) is 23.1 Å². The van der Waals surface area contributed by atoms with Gasteiger partial charge in [-0.25, -0.2) is 9.67 Å². The molecule has 0 radical (unpaired) electrons. The van der Waals surface area contributed by atoms with Crippen molar-refractivity contribution in [3.8, 4) is 17.4 Å². The molecule has 8 heteroatoms. The molecule has 0 amide bonds. The molecule has 0 atom stereocenters. The van der Waals surface area contributed by atoms with Crippen LogP contribution in [0.3, 0.4) is 0 Å². The standard InChI is InChI=1S/C18H19N5O3/c1-12-19-17(22(2)3)14(11-16(24)25)18(20-12)26-15-9-10-23(21-15)13-7-5-4-6-8-13/h4-10H,11H2,1-3H3,(H,24,25). The summed E-state index contributed by atoms with van der Waals surface area (Å²) >= 11 is 0. The highest BCUT2D eigenvalue weighted by atomic mass is 16.5.